The molecule has 100 valence electrons. The maximum atomic E-state index is 11.9. The summed E-state index contributed by atoms with van der Waals surface area (Å²) < 4.78 is 0. The van der Waals surface area contributed by atoms with E-state index in [2.05, 4.69) is 15.3 Å². The second kappa shape index (κ2) is 5.67. The number of hydrogen-bond acceptors (Lipinski definition) is 3. The molecule has 2 rings (SSSR count). The molecular formula is C14H18N4O. The van der Waals surface area contributed by atoms with E-state index >= 15 is 0 Å². The average molecular weight is 258 g/mol. The highest BCUT2D eigenvalue weighted by molar-refractivity contribution is 5.92. The highest BCUT2D eigenvalue weighted by atomic mass is 16.1. The fourth-order valence-corrected chi connectivity index (χ4v) is 1.63. The van der Waals surface area contributed by atoms with Gasteiger partial charge in [-0.15, -0.1) is 0 Å². The topological polar surface area (TPSA) is 83.8 Å². The quantitative estimate of drug-likeness (QED) is 0.784. The van der Waals surface area contributed by atoms with Crippen LogP contribution in [-0.4, -0.2) is 21.9 Å². The van der Waals surface area contributed by atoms with Crippen molar-refractivity contribution in [3.63, 3.8) is 0 Å². The van der Waals surface area contributed by atoms with E-state index in [1.807, 2.05) is 38.1 Å². The van der Waals surface area contributed by atoms with E-state index in [1.165, 1.54) is 0 Å². The number of nitrogens with two attached hydrogens (primary N) is 1. The van der Waals surface area contributed by atoms with Crippen molar-refractivity contribution in [3.05, 3.63) is 36.7 Å². The molecule has 0 bridgehead atoms. The fraction of sp³-hybridized carbons (Fsp3) is 0.286. The lowest BCUT2D eigenvalue weighted by atomic mass is 10.0. The Morgan fingerprint density at radius 3 is 2.53 bits per heavy atom. The second-order valence-electron chi connectivity index (χ2n) is 4.65. The molecule has 1 amide bonds. The Morgan fingerprint density at radius 2 is 2.00 bits per heavy atom. The zero-order valence-corrected chi connectivity index (χ0v) is 11.1. The molecule has 1 aromatic heterocycles. The Bertz CT molecular complexity index is 531. The first-order valence-corrected chi connectivity index (χ1v) is 6.24. The number of hydrogen-bond donors (Lipinski definition) is 3. The zero-order chi connectivity index (χ0) is 13.8. The molecule has 19 heavy (non-hydrogen) atoms. The van der Waals surface area contributed by atoms with Gasteiger partial charge in [-0.3, -0.25) is 4.79 Å². The van der Waals surface area contributed by atoms with Crippen molar-refractivity contribution >= 4 is 11.6 Å². The van der Waals surface area contributed by atoms with E-state index in [-0.39, 0.29) is 17.9 Å². The molecule has 0 saturated heterocycles. The van der Waals surface area contributed by atoms with E-state index in [0.29, 0.717) is 0 Å². The first-order valence-electron chi connectivity index (χ1n) is 6.24. The standard InChI is InChI=1S/C14H18N4O/c1-9(10(2)15)14(19)18-12-5-3-11(4-6-12)13-16-7-8-17-13/h3-10H,15H2,1-2H3,(H,16,17)(H,18,19). The molecular weight excluding hydrogens is 240 g/mol. The number of benzene rings is 1. The van der Waals surface area contributed by atoms with Crippen molar-refractivity contribution in [3.8, 4) is 11.4 Å². The molecule has 5 heteroatoms. The van der Waals surface area contributed by atoms with Crippen LogP contribution in [0.15, 0.2) is 36.7 Å². The number of carbonyl (C=O) groups is 1. The number of carbonyl (C=O) groups excluding carboxylic acids is 1. The molecule has 1 aromatic carbocycles. The molecule has 0 spiro atoms. The summed E-state index contributed by atoms with van der Waals surface area (Å²) in [7, 11) is 0. The fourth-order valence-electron chi connectivity index (χ4n) is 1.63. The van der Waals surface area contributed by atoms with Crippen LogP contribution >= 0.6 is 0 Å². The van der Waals surface area contributed by atoms with Gasteiger partial charge in [0.25, 0.3) is 0 Å². The van der Waals surface area contributed by atoms with Crippen LogP contribution in [0, 0.1) is 5.92 Å². The number of nitrogens with zero attached hydrogens (tertiary/aromatic N) is 1. The molecule has 0 aliphatic carbocycles. The van der Waals surface area contributed by atoms with Gasteiger partial charge in [-0.1, -0.05) is 6.92 Å². The third-order valence-electron chi connectivity index (χ3n) is 3.13. The van der Waals surface area contributed by atoms with Gasteiger partial charge >= 0.3 is 0 Å². The summed E-state index contributed by atoms with van der Waals surface area (Å²) in [4.78, 5) is 19.1. The monoisotopic (exact) mass is 258 g/mol. The number of aromatic nitrogens is 2. The molecule has 1 heterocycles. The van der Waals surface area contributed by atoms with Crippen LogP contribution in [0.25, 0.3) is 11.4 Å². The molecule has 0 aliphatic rings. The van der Waals surface area contributed by atoms with Crippen molar-refractivity contribution in [1.82, 2.24) is 9.97 Å². The van der Waals surface area contributed by atoms with Crippen LogP contribution in [0.5, 0.6) is 0 Å². The minimum atomic E-state index is -0.218. The summed E-state index contributed by atoms with van der Waals surface area (Å²) in [6.45, 7) is 3.64. The van der Waals surface area contributed by atoms with Gasteiger partial charge in [0.1, 0.15) is 5.82 Å². The number of H-pyrrole nitrogens is 1. The SMILES string of the molecule is CC(N)C(C)C(=O)Nc1ccc(-c2ncc[nH]2)cc1. The van der Waals surface area contributed by atoms with Crippen molar-refractivity contribution in [2.45, 2.75) is 19.9 Å². The Balaban J connectivity index is 2.05. The minimum Gasteiger partial charge on any atom is -0.345 e. The maximum Gasteiger partial charge on any atom is 0.228 e. The molecule has 2 atom stereocenters. The number of aromatic amines is 1. The summed E-state index contributed by atoms with van der Waals surface area (Å²) in [5, 5.41) is 2.85. The van der Waals surface area contributed by atoms with E-state index < -0.39 is 0 Å². The predicted octanol–water partition coefficient (Wildman–Crippen LogP) is 2.00. The lowest BCUT2D eigenvalue weighted by Crippen LogP contribution is -2.34. The lowest BCUT2D eigenvalue weighted by molar-refractivity contribution is -0.119. The van der Waals surface area contributed by atoms with Crippen LogP contribution in [0.2, 0.25) is 0 Å². The largest absolute Gasteiger partial charge is 0.345 e. The number of anilines is 1. The molecule has 0 saturated carbocycles. The minimum absolute atomic E-state index is 0.0688. The Hall–Kier alpha value is -2.14. The third-order valence-corrected chi connectivity index (χ3v) is 3.13. The molecule has 2 aromatic rings. The molecule has 0 radical (unpaired) electrons. The normalized spacial score (nSPS) is 13.8. The van der Waals surface area contributed by atoms with Gasteiger partial charge in [0.05, 0.1) is 5.92 Å². The van der Waals surface area contributed by atoms with E-state index in [0.717, 1.165) is 17.1 Å². The summed E-state index contributed by atoms with van der Waals surface area (Å²) in [6.07, 6.45) is 3.48. The van der Waals surface area contributed by atoms with E-state index in [9.17, 15) is 4.79 Å². The Morgan fingerprint density at radius 1 is 1.32 bits per heavy atom. The highest BCUT2D eigenvalue weighted by Gasteiger charge is 2.16. The first-order chi connectivity index (χ1) is 9.08. The molecule has 5 nitrogen and oxygen atoms in total. The number of imidazole rings is 1. The van der Waals surface area contributed by atoms with Gasteiger partial charge in [0.15, 0.2) is 0 Å². The molecule has 0 fully saturated rings. The third kappa shape index (κ3) is 3.20. The summed E-state index contributed by atoms with van der Waals surface area (Å²) in [5.74, 6) is 0.521. The Kier molecular flexibility index (Phi) is 3.97. The van der Waals surface area contributed by atoms with Crippen LogP contribution in [0.4, 0.5) is 5.69 Å². The zero-order valence-electron chi connectivity index (χ0n) is 11.1. The van der Waals surface area contributed by atoms with Gasteiger partial charge in [0.2, 0.25) is 5.91 Å². The molecule has 0 aliphatic heterocycles. The van der Waals surface area contributed by atoms with E-state index in [1.54, 1.807) is 12.4 Å². The maximum absolute atomic E-state index is 11.9. The van der Waals surface area contributed by atoms with Crippen molar-refractivity contribution < 1.29 is 4.79 Å². The van der Waals surface area contributed by atoms with Crippen LogP contribution in [0.3, 0.4) is 0 Å². The number of rotatable bonds is 4. The second-order valence-corrected chi connectivity index (χ2v) is 4.65. The number of nitrogens with one attached hydrogen (secondary N) is 2. The van der Waals surface area contributed by atoms with Gasteiger partial charge in [-0.05, 0) is 31.2 Å². The average Bonchev–Trinajstić information content (AvgIpc) is 2.92. The molecule has 2 unspecified atom stereocenters. The smallest absolute Gasteiger partial charge is 0.228 e. The summed E-state index contributed by atoms with van der Waals surface area (Å²) in [5.41, 5.74) is 7.44. The van der Waals surface area contributed by atoms with Crippen molar-refractivity contribution in [2.75, 3.05) is 5.32 Å². The van der Waals surface area contributed by atoms with Crippen LogP contribution < -0.4 is 11.1 Å². The van der Waals surface area contributed by atoms with Gasteiger partial charge in [0, 0.05) is 29.7 Å². The lowest BCUT2D eigenvalue weighted by Gasteiger charge is -2.15. The van der Waals surface area contributed by atoms with Gasteiger partial charge < -0.3 is 16.0 Å². The summed E-state index contributed by atoms with van der Waals surface area (Å²) in [6, 6.07) is 7.35. The van der Waals surface area contributed by atoms with Gasteiger partial charge in [-0.25, -0.2) is 4.98 Å². The van der Waals surface area contributed by atoms with Crippen LogP contribution in [0.1, 0.15) is 13.8 Å². The number of amides is 1. The first kappa shape index (κ1) is 13.3. The molecule has 4 N–H and O–H groups in total. The van der Waals surface area contributed by atoms with Crippen molar-refractivity contribution in [1.29, 1.82) is 0 Å². The van der Waals surface area contributed by atoms with Gasteiger partial charge in [-0.2, -0.15) is 0 Å². The highest BCUT2D eigenvalue weighted by Crippen LogP contribution is 2.18. The Labute approximate surface area is 112 Å². The van der Waals surface area contributed by atoms with E-state index in [4.69, 9.17) is 5.73 Å². The summed E-state index contributed by atoms with van der Waals surface area (Å²) >= 11 is 0. The predicted molar refractivity (Wildman–Crippen MR) is 75.5 cm³/mol. The van der Waals surface area contributed by atoms with Crippen molar-refractivity contribution in [2.24, 2.45) is 11.7 Å². The van der Waals surface area contributed by atoms with Crippen LogP contribution in [-0.2, 0) is 4.79 Å².